The van der Waals surface area contributed by atoms with Gasteiger partial charge in [-0.3, -0.25) is 9.69 Å². The second-order valence-electron chi connectivity index (χ2n) is 6.51. The Balaban J connectivity index is 1.68. The van der Waals surface area contributed by atoms with Gasteiger partial charge in [0.2, 0.25) is 5.91 Å². The van der Waals surface area contributed by atoms with Crippen molar-refractivity contribution in [2.75, 3.05) is 58.3 Å². The van der Waals surface area contributed by atoms with E-state index in [0.29, 0.717) is 47.5 Å². The van der Waals surface area contributed by atoms with Crippen molar-refractivity contribution >= 4 is 23.3 Å². The summed E-state index contributed by atoms with van der Waals surface area (Å²) in [4.78, 5) is 28.5. The highest BCUT2D eigenvalue weighted by Crippen LogP contribution is 2.33. The lowest BCUT2D eigenvalue weighted by Crippen LogP contribution is -2.37. The normalized spacial score (nSPS) is 13.3. The first-order valence-electron chi connectivity index (χ1n) is 9.31. The molecule has 1 N–H and O–H groups in total. The van der Waals surface area contributed by atoms with Gasteiger partial charge in [0.25, 0.3) is 0 Å². The maximum absolute atomic E-state index is 12.8. The van der Waals surface area contributed by atoms with E-state index in [0.717, 1.165) is 0 Å². The molecular formula is C21H25N3O6. The van der Waals surface area contributed by atoms with Crippen LogP contribution in [-0.2, 0) is 4.79 Å². The molecule has 0 aliphatic carbocycles. The molecule has 1 heterocycles. The van der Waals surface area contributed by atoms with Gasteiger partial charge in [0.1, 0.15) is 18.0 Å². The minimum atomic E-state index is -0.330. The maximum atomic E-state index is 12.8. The molecule has 2 aromatic carbocycles. The van der Waals surface area contributed by atoms with E-state index in [1.807, 2.05) is 0 Å². The van der Waals surface area contributed by atoms with Gasteiger partial charge in [-0.2, -0.15) is 0 Å². The fourth-order valence-electron chi connectivity index (χ4n) is 3.24. The Kier molecular flexibility index (Phi) is 6.51. The number of hydrogen-bond donors (Lipinski definition) is 1. The molecular weight excluding hydrogens is 390 g/mol. The molecule has 9 heteroatoms. The van der Waals surface area contributed by atoms with E-state index in [2.05, 4.69) is 5.32 Å². The number of nitrogens with zero attached hydrogens (tertiary/aromatic N) is 2. The molecule has 30 heavy (non-hydrogen) atoms. The number of nitrogens with one attached hydrogen (secondary N) is 1. The predicted molar refractivity (Wildman–Crippen MR) is 112 cm³/mol. The fraction of sp³-hybridized carbons (Fsp3) is 0.333. The van der Waals surface area contributed by atoms with Crippen molar-refractivity contribution in [1.82, 2.24) is 4.90 Å². The van der Waals surface area contributed by atoms with Crippen molar-refractivity contribution in [1.29, 1.82) is 0 Å². The van der Waals surface area contributed by atoms with Crippen LogP contribution < -0.4 is 29.2 Å². The van der Waals surface area contributed by atoms with Crippen molar-refractivity contribution in [3.63, 3.8) is 0 Å². The maximum Gasteiger partial charge on any atom is 0.325 e. The van der Waals surface area contributed by atoms with Crippen LogP contribution in [0.2, 0.25) is 0 Å². The molecule has 1 fully saturated rings. The monoisotopic (exact) mass is 415 g/mol. The molecule has 9 nitrogen and oxygen atoms in total. The van der Waals surface area contributed by atoms with Gasteiger partial charge < -0.3 is 29.2 Å². The lowest BCUT2D eigenvalue weighted by molar-refractivity contribution is -0.116. The standard InChI is InChI=1S/C21H25N3O6/c1-27-15-6-8-17(28-2)16(12-15)22-20(25)13-23-9-10-24(21(23)26)14-5-7-18(29-3)19(11-14)30-4/h5-8,11-12H,9-10,13H2,1-4H3,(H,22,25). The summed E-state index contributed by atoms with van der Waals surface area (Å²) in [5.74, 6) is 1.87. The minimum absolute atomic E-state index is 0.0804. The van der Waals surface area contributed by atoms with E-state index in [-0.39, 0.29) is 18.5 Å². The predicted octanol–water partition coefficient (Wildman–Crippen LogP) is 2.60. The summed E-state index contributed by atoms with van der Waals surface area (Å²) in [5.41, 5.74) is 1.15. The molecule has 0 bridgehead atoms. The number of urea groups is 1. The van der Waals surface area contributed by atoms with E-state index < -0.39 is 0 Å². The van der Waals surface area contributed by atoms with Crippen molar-refractivity contribution < 1.29 is 28.5 Å². The van der Waals surface area contributed by atoms with Crippen LogP contribution in [0.1, 0.15) is 0 Å². The molecule has 3 amide bonds. The summed E-state index contributed by atoms with van der Waals surface area (Å²) in [7, 11) is 6.15. The first-order valence-corrected chi connectivity index (χ1v) is 9.31. The van der Waals surface area contributed by atoms with Crippen LogP contribution >= 0.6 is 0 Å². The third kappa shape index (κ3) is 4.35. The Morgan fingerprint density at radius 3 is 2.27 bits per heavy atom. The van der Waals surface area contributed by atoms with Gasteiger partial charge in [-0.25, -0.2) is 4.79 Å². The van der Waals surface area contributed by atoms with E-state index in [4.69, 9.17) is 18.9 Å². The second kappa shape index (κ2) is 9.25. The highest BCUT2D eigenvalue weighted by Gasteiger charge is 2.31. The molecule has 3 rings (SSSR count). The van der Waals surface area contributed by atoms with Gasteiger partial charge in [0, 0.05) is 30.9 Å². The molecule has 0 aromatic heterocycles. The molecule has 160 valence electrons. The summed E-state index contributed by atoms with van der Waals surface area (Å²) < 4.78 is 21.0. The van der Waals surface area contributed by atoms with E-state index in [9.17, 15) is 9.59 Å². The third-order valence-electron chi connectivity index (χ3n) is 4.79. The summed E-state index contributed by atoms with van der Waals surface area (Å²) in [6.07, 6.45) is 0. The van der Waals surface area contributed by atoms with Crippen molar-refractivity contribution in [3.8, 4) is 23.0 Å². The quantitative estimate of drug-likeness (QED) is 0.713. The summed E-state index contributed by atoms with van der Waals surface area (Å²) in [5, 5.41) is 2.78. The molecule has 2 aromatic rings. The number of hydrogen-bond acceptors (Lipinski definition) is 6. The van der Waals surface area contributed by atoms with Crippen LogP contribution in [0, 0.1) is 0 Å². The molecule has 0 unspecified atom stereocenters. The number of methoxy groups -OCH3 is 4. The van der Waals surface area contributed by atoms with Crippen LogP contribution in [0.15, 0.2) is 36.4 Å². The lowest BCUT2D eigenvalue weighted by atomic mass is 10.2. The van der Waals surface area contributed by atoms with Crippen LogP contribution in [0.5, 0.6) is 23.0 Å². The second-order valence-corrected chi connectivity index (χ2v) is 6.51. The van der Waals surface area contributed by atoms with Gasteiger partial charge in [0.15, 0.2) is 11.5 Å². The number of amides is 3. The topological polar surface area (TPSA) is 89.6 Å². The largest absolute Gasteiger partial charge is 0.497 e. The zero-order valence-corrected chi connectivity index (χ0v) is 17.4. The van der Waals surface area contributed by atoms with Gasteiger partial charge in [0.05, 0.1) is 34.1 Å². The number of anilines is 2. The van der Waals surface area contributed by atoms with E-state index in [1.165, 1.54) is 19.1 Å². The molecule has 0 saturated carbocycles. The molecule has 1 aliphatic heterocycles. The summed E-state index contributed by atoms with van der Waals surface area (Å²) >= 11 is 0. The van der Waals surface area contributed by atoms with Crippen LogP contribution in [-0.4, -0.2) is 64.9 Å². The van der Waals surface area contributed by atoms with Gasteiger partial charge in [-0.05, 0) is 24.3 Å². The van der Waals surface area contributed by atoms with Gasteiger partial charge in [-0.1, -0.05) is 0 Å². The Labute approximate surface area is 175 Å². The highest BCUT2D eigenvalue weighted by molar-refractivity contribution is 6.00. The highest BCUT2D eigenvalue weighted by atomic mass is 16.5. The SMILES string of the molecule is COc1ccc(OC)c(NC(=O)CN2CCN(c3ccc(OC)c(OC)c3)C2=O)c1. The molecule has 0 spiro atoms. The number of carbonyl (C=O) groups is 2. The number of carbonyl (C=O) groups excluding carboxylic acids is 2. The molecule has 0 atom stereocenters. The first-order chi connectivity index (χ1) is 14.5. The first kappa shape index (κ1) is 21.1. The van der Waals surface area contributed by atoms with Gasteiger partial charge in [-0.15, -0.1) is 0 Å². The molecule has 1 aliphatic rings. The Bertz CT molecular complexity index is 933. The lowest BCUT2D eigenvalue weighted by Gasteiger charge is -2.20. The number of ether oxygens (including phenoxy) is 4. The van der Waals surface area contributed by atoms with E-state index in [1.54, 1.807) is 55.5 Å². The average molecular weight is 415 g/mol. The summed E-state index contributed by atoms with van der Waals surface area (Å²) in [6.45, 7) is 0.808. The van der Waals surface area contributed by atoms with Crippen LogP contribution in [0.4, 0.5) is 16.2 Å². The third-order valence-corrected chi connectivity index (χ3v) is 4.79. The zero-order chi connectivity index (χ0) is 21.7. The number of benzene rings is 2. The van der Waals surface area contributed by atoms with Crippen molar-refractivity contribution in [2.24, 2.45) is 0 Å². The van der Waals surface area contributed by atoms with Gasteiger partial charge >= 0.3 is 6.03 Å². The van der Waals surface area contributed by atoms with Crippen molar-refractivity contribution in [3.05, 3.63) is 36.4 Å². The summed E-state index contributed by atoms with van der Waals surface area (Å²) in [6, 6.07) is 10.1. The Morgan fingerprint density at radius 1 is 0.900 bits per heavy atom. The number of rotatable bonds is 8. The van der Waals surface area contributed by atoms with E-state index >= 15 is 0 Å². The molecule has 1 saturated heterocycles. The fourth-order valence-corrected chi connectivity index (χ4v) is 3.24. The van der Waals surface area contributed by atoms with Crippen LogP contribution in [0.3, 0.4) is 0 Å². The zero-order valence-electron chi connectivity index (χ0n) is 17.4. The molecule has 0 radical (unpaired) electrons. The smallest absolute Gasteiger partial charge is 0.325 e. The van der Waals surface area contributed by atoms with Crippen molar-refractivity contribution in [2.45, 2.75) is 0 Å². The Morgan fingerprint density at radius 2 is 1.60 bits per heavy atom. The van der Waals surface area contributed by atoms with Crippen LogP contribution in [0.25, 0.3) is 0 Å². The average Bonchev–Trinajstić information content (AvgIpc) is 3.12. The Hall–Kier alpha value is -3.62. The minimum Gasteiger partial charge on any atom is -0.497 e.